The van der Waals surface area contributed by atoms with Gasteiger partial charge in [0, 0.05) is 18.6 Å². The van der Waals surface area contributed by atoms with E-state index < -0.39 is 38.0 Å². The van der Waals surface area contributed by atoms with E-state index in [4.69, 9.17) is 10.2 Å². The van der Waals surface area contributed by atoms with Gasteiger partial charge in [-0.2, -0.15) is 0 Å². The molecule has 17 heavy (non-hydrogen) atoms. The van der Waals surface area contributed by atoms with Gasteiger partial charge in [0.25, 0.3) is 0 Å². The van der Waals surface area contributed by atoms with Crippen LogP contribution < -0.4 is 0 Å². The maximum Gasteiger partial charge on any atom is 0.410 e. The molecule has 0 radical (unpaired) electrons. The Kier molecular flexibility index (Phi) is 2.58. The van der Waals surface area contributed by atoms with Crippen molar-refractivity contribution in [1.82, 2.24) is 4.90 Å². The van der Waals surface area contributed by atoms with E-state index in [2.05, 4.69) is 0 Å². The molecule has 1 N–H and O–H groups in total. The maximum absolute atomic E-state index is 11.9. The molecule has 4 heteroatoms. The number of ether oxygens (including phenoxy) is 1. The fraction of sp³-hybridized carbons (Fsp3) is 0.462. The van der Waals surface area contributed by atoms with Crippen molar-refractivity contribution in [3.8, 4) is 0 Å². The number of hydrogen-bond donors (Lipinski definition) is 1. The molecule has 1 aromatic carbocycles. The number of hydrogen-bond acceptors (Lipinski definition) is 3. The van der Waals surface area contributed by atoms with Crippen LogP contribution in [-0.4, -0.2) is 35.3 Å². The second kappa shape index (κ2) is 5.68. The summed E-state index contributed by atoms with van der Waals surface area (Å²) in [6, 6.07) is 9.01. The minimum absolute atomic E-state index is 0.0325. The molecule has 2 rings (SSSR count). The lowest BCUT2D eigenvalue weighted by atomic mass is 10.1. The minimum atomic E-state index is -2.21. The van der Waals surface area contributed by atoms with Crippen LogP contribution in [0.1, 0.15) is 23.8 Å². The van der Waals surface area contributed by atoms with Gasteiger partial charge in [0.05, 0.1) is 6.10 Å². The highest BCUT2D eigenvalue weighted by Crippen LogP contribution is 2.11. The van der Waals surface area contributed by atoms with E-state index in [0.29, 0.717) is 0 Å². The Hall–Kier alpha value is -1.55. The van der Waals surface area contributed by atoms with Gasteiger partial charge in [-0.3, -0.25) is 0 Å². The molecule has 4 nitrogen and oxygen atoms in total. The summed E-state index contributed by atoms with van der Waals surface area (Å²) in [6.45, 7) is -0.771. The van der Waals surface area contributed by atoms with Crippen LogP contribution in [0, 0.1) is 0 Å². The molecule has 1 saturated heterocycles. The average Bonchev–Trinajstić information content (AvgIpc) is 2.42. The summed E-state index contributed by atoms with van der Waals surface area (Å²) >= 11 is 0. The van der Waals surface area contributed by atoms with E-state index in [0.717, 1.165) is 10.5 Å². The summed E-state index contributed by atoms with van der Waals surface area (Å²) in [5.41, 5.74) is 0.786. The summed E-state index contributed by atoms with van der Waals surface area (Å²) < 4.78 is 35.6. The summed E-state index contributed by atoms with van der Waals surface area (Å²) in [5, 5.41) is 9.64. The number of aliphatic hydroxyl groups excluding tert-OH is 1. The van der Waals surface area contributed by atoms with E-state index in [1.807, 2.05) is 6.07 Å². The highest BCUT2D eigenvalue weighted by Gasteiger charge is 2.22. The van der Waals surface area contributed by atoms with Crippen molar-refractivity contribution in [2.24, 2.45) is 0 Å². The lowest BCUT2D eigenvalue weighted by Gasteiger charge is -2.28. The lowest BCUT2D eigenvalue weighted by Crippen LogP contribution is -2.40. The van der Waals surface area contributed by atoms with Gasteiger partial charge < -0.3 is 14.7 Å². The van der Waals surface area contributed by atoms with Crippen LogP contribution in [0.25, 0.3) is 0 Å². The van der Waals surface area contributed by atoms with E-state index >= 15 is 0 Å². The van der Waals surface area contributed by atoms with Crippen molar-refractivity contribution in [2.75, 3.05) is 13.1 Å². The average molecular weight is 239 g/mol. The first-order valence-corrected chi connectivity index (χ1v) is 5.36. The highest BCUT2D eigenvalue weighted by atomic mass is 16.6. The smallest absolute Gasteiger partial charge is 0.410 e. The third kappa shape index (κ3) is 3.46. The molecule has 1 aliphatic rings. The number of likely N-dealkylation sites (tertiary alicyclic amines) is 1. The van der Waals surface area contributed by atoms with Gasteiger partial charge in [0.15, 0.2) is 0 Å². The fourth-order valence-corrected chi connectivity index (χ4v) is 1.46. The molecule has 0 spiro atoms. The van der Waals surface area contributed by atoms with Crippen molar-refractivity contribution in [3.05, 3.63) is 35.9 Å². The molecule has 0 aromatic heterocycles. The topological polar surface area (TPSA) is 49.8 Å². The summed E-state index contributed by atoms with van der Waals surface area (Å²) in [4.78, 5) is 12.9. The number of aliphatic hydroxyl groups is 1. The molecular formula is C13H17NO3. The summed E-state index contributed by atoms with van der Waals surface area (Å²) in [5.74, 6) is 0. The molecule has 1 amide bonds. The van der Waals surface area contributed by atoms with Crippen LogP contribution in [-0.2, 0) is 11.3 Å². The van der Waals surface area contributed by atoms with Crippen molar-refractivity contribution >= 4 is 6.09 Å². The van der Waals surface area contributed by atoms with Gasteiger partial charge in [-0.05, 0) is 18.3 Å². The van der Waals surface area contributed by atoms with Crippen LogP contribution in [0.3, 0.4) is 0 Å². The normalized spacial score (nSPS) is 26.3. The second-order valence-electron chi connectivity index (χ2n) is 3.71. The zero-order valence-electron chi connectivity index (χ0n) is 13.3. The number of piperidine rings is 1. The SMILES string of the molecule is [2H]C1([2H])CN(C(=O)OCc2ccccc2)CC([2H])([2H])C1O. The van der Waals surface area contributed by atoms with Gasteiger partial charge in [-0.15, -0.1) is 0 Å². The van der Waals surface area contributed by atoms with Crippen LogP contribution in [0.15, 0.2) is 30.3 Å². The number of rotatable bonds is 2. The first-order valence-electron chi connectivity index (χ1n) is 7.36. The van der Waals surface area contributed by atoms with Crippen molar-refractivity contribution in [2.45, 2.75) is 25.5 Å². The third-order valence-electron chi connectivity index (χ3n) is 2.41. The molecular weight excluding hydrogens is 218 g/mol. The third-order valence-corrected chi connectivity index (χ3v) is 2.41. The van der Waals surface area contributed by atoms with Gasteiger partial charge >= 0.3 is 6.09 Å². The van der Waals surface area contributed by atoms with E-state index in [1.165, 1.54) is 0 Å². The number of carbonyl (C=O) groups is 1. The first-order chi connectivity index (χ1) is 9.72. The predicted molar refractivity (Wildman–Crippen MR) is 63.4 cm³/mol. The summed E-state index contributed by atoms with van der Waals surface area (Å²) in [6.07, 6.45) is -7.00. The summed E-state index contributed by atoms with van der Waals surface area (Å²) in [7, 11) is 0. The first kappa shape index (κ1) is 7.71. The standard InChI is InChI=1S/C13H17NO3/c15-12-6-8-14(9-7-12)13(16)17-10-11-4-2-1-3-5-11/h1-5,12,15H,6-10H2/i6D2,7D2. The molecule has 0 atom stereocenters. The Morgan fingerprint density at radius 3 is 2.71 bits per heavy atom. The Balaban J connectivity index is 1.99. The van der Waals surface area contributed by atoms with Crippen LogP contribution >= 0.6 is 0 Å². The Morgan fingerprint density at radius 2 is 2.06 bits per heavy atom. The molecule has 0 bridgehead atoms. The monoisotopic (exact) mass is 239 g/mol. The molecule has 92 valence electrons. The Bertz CT molecular complexity index is 491. The molecule has 1 fully saturated rings. The molecule has 1 aromatic rings. The number of benzene rings is 1. The van der Waals surface area contributed by atoms with Crippen molar-refractivity contribution in [3.63, 3.8) is 0 Å². The largest absolute Gasteiger partial charge is 0.445 e. The Morgan fingerprint density at radius 1 is 1.41 bits per heavy atom. The second-order valence-corrected chi connectivity index (χ2v) is 3.71. The quantitative estimate of drug-likeness (QED) is 0.855. The molecule has 0 unspecified atom stereocenters. The number of amides is 1. The lowest BCUT2D eigenvalue weighted by molar-refractivity contribution is 0.0560. The van der Waals surface area contributed by atoms with Gasteiger partial charge in [0.1, 0.15) is 6.61 Å². The molecule has 1 aliphatic heterocycles. The van der Waals surface area contributed by atoms with Gasteiger partial charge in [0.2, 0.25) is 0 Å². The number of carbonyl (C=O) groups excluding carboxylic acids is 1. The van der Waals surface area contributed by atoms with E-state index in [9.17, 15) is 9.90 Å². The van der Waals surface area contributed by atoms with Crippen LogP contribution in [0.2, 0.25) is 0 Å². The fourth-order valence-electron chi connectivity index (χ4n) is 1.46. The predicted octanol–water partition coefficient (Wildman–Crippen LogP) is 1.78. The van der Waals surface area contributed by atoms with Crippen molar-refractivity contribution in [1.29, 1.82) is 0 Å². The van der Waals surface area contributed by atoms with Crippen LogP contribution in [0.4, 0.5) is 4.79 Å². The number of nitrogens with zero attached hydrogens (tertiary/aromatic N) is 1. The molecule has 0 aliphatic carbocycles. The van der Waals surface area contributed by atoms with Crippen molar-refractivity contribution < 1.29 is 20.1 Å². The van der Waals surface area contributed by atoms with E-state index in [-0.39, 0.29) is 6.61 Å². The Labute approximate surface area is 106 Å². The maximum atomic E-state index is 11.9. The zero-order valence-corrected chi connectivity index (χ0v) is 9.30. The van der Waals surface area contributed by atoms with Gasteiger partial charge in [-0.1, -0.05) is 30.3 Å². The van der Waals surface area contributed by atoms with Gasteiger partial charge in [-0.25, -0.2) is 4.79 Å². The highest BCUT2D eigenvalue weighted by molar-refractivity contribution is 5.67. The zero-order chi connectivity index (χ0) is 15.7. The van der Waals surface area contributed by atoms with E-state index in [1.54, 1.807) is 24.3 Å². The molecule has 1 heterocycles. The minimum Gasteiger partial charge on any atom is -0.445 e. The molecule has 0 saturated carbocycles. The van der Waals surface area contributed by atoms with Crippen LogP contribution in [0.5, 0.6) is 0 Å².